The number of thioether (sulfide) groups is 1. The fraction of sp³-hybridized carbons (Fsp3) is 0.778. The molecule has 1 atom stereocenters. The van der Waals surface area contributed by atoms with Gasteiger partial charge in [0, 0.05) is 38.4 Å². The van der Waals surface area contributed by atoms with Crippen LogP contribution in [0.4, 0.5) is 11.8 Å². The highest BCUT2D eigenvalue weighted by molar-refractivity contribution is 7.98. The summed E-state index contributed by atoms with van der Waals surface area (Å²) in [6.07, 6.45) is 11.8. The van der Waals surface area contributed by atoms with Gasteiger partial charge in [-0.2, -0.15) is 16.7 Å². The quantitative estimate of drug-likeness (QED) is 0.763. The number of hydrogen-bond donors (Lipinski definition) is 1. The van der Waals surface area contributed by atoms with E-state index in [-0.39, 0.29) is 0 Å². The van der Waals surface area contributed by atoms with E-state index in [9.17, 15) is 0 Å². The normalized spacial score (nSPS) is 22.5. The maximum atomic E-state index is 4.78. The molecule has 1 aromatic rings. The van der Waals surface area contributed by atoms with Crippen molar-refractivity contribution in [3.05, 3.63) is 12.3 Å². The van der Waals surface area contributed by atoms with Crippen molar-refractivity contribution in [2.24, 2.45) is 0 Å². The molecule has 24 heavy (non-hydrogen) atoms. The molecule has 2 aliphatic rings. The average Bonchev–Trinajstić information content (AvgIpc) is 2.87. The first kappa shape index (κ1) is 17.8. The Labute approximate surface area is 150 Å². The minimum absolute atomic E-state index is 0.485. The molecule has 3 heterocycles. The summed E-state index contributed by atoms with van der Waals surface area (Å²) in [6, 6.07) is 2.54. The second kappa shape index (κ2) is 9.47. The Balaban J connectivity index is 1.51. The second-order valence-corrected chi connectivity index (χ2v) is 7.90. The fourth-order valence-corrected chi connectivity index (χ4v) is 4.08. The van der Waals surface area contributed by atoms with E-state index in [4.69, 9.17) is 4.98 Å². The lowest BCUT2D eigenvalue weighted by molar-refractivity contribution is 0.338. The number of anilines is 2. The molecule has 0 spiro atoms. The zero-order chi connectivity index (χ0) is 16.6. The number of aromatic nitrogens is 2. The molecular weight excluding hydrogens is 318 g/mol. The third kappa shape index (κ3) is 5.24. The van der Waals surface area contributed by atoms with Crippen molar-refractivity contribution < 1.29 is 0 Å². The van der Waals surface area contributed by atoms with Gasteiger partial charge in [0.2, 0.25) is 5.95 Å². The summed E-state index contributed by atoms with van der Waals surface area (Å²) in [5.41, 5.74) is 0. The summed E-state index contributed by atoms with van der Waals surface area (Å²) in [6.45, 7) is 5.78. The maximum Gasteiger partial charge on any atom is 0.224 e. The predicted molar refractivity (Wildman–Crippen MR) is 104 cm³/mol. The SMILES string of the molecule is CSCCCN1CCC(Nc2nccc(N3CCCCCC3)n2)C1. The summed E-state index contributed by atoms with van der Waals surface area (Å²) in [5.74, 6) is 3.15. The van der Waals surface area contributed by atoms with Crippen molar-refractivity contribution in [1.82, 2.24) is 14.9 Å². The molecular formula is C18H31N5S. The smallest absolute Gasteiger partial charge is 0.224 e. The third-order valence-electron chi connectivity index (χ3n) is 5.00. The number of nitrogens with zero attached hydrogens (tertiary/aromatic N) is 4. The van der Waals surface area contributed by atoms with Crippen molar-refractivity contribution in [3.63, 3.8) is 0 Å². The van der Waals surface area contributed by atoms with Crippen molar-refractivity contribution in [2.75, 3.05) is 54.9 Å². The van der Waals surface area contributed by atoms with Crippen molar-refractivity contribution in [2.45, 2.75) is 44.6 Å². The predicted octanol–water partition coefficient (Wildman–Crippen LogP) is 3.10. The van der Waals surface area contributed by atoms with Crippen molar-refractivity contribution in [3.8, 4) is 0 Å². The molecule has 6 heteroatoms. The summed E-state index contributed by atoms with van der Waals surface area (Å²) in [4.78, 5) is 14.2. The van der Waals surface area contributed by atoms with Gasteiger partial charge < -0.3 is 15.1 Å². The van der Waals surface area contributed by atoms with Crippen LogP contribution in [-0.4, -0.2) is 65.6 Å². The molecule has 1 N–H and O–H groups in total. The van der Waals surface area contributed by atoms with E-state index in [1.54, 1.807) is 0 Å². The molecule has 134 valence electrons. The molecule has 1 unspecified atom stereocenters. The van der Waals surface area contributed by atoms with Gasteiger partial charge in [0.1, 0.15) is 5.82 Å². The molecule has 2 aliphatic heterocycles. The second-order valence-electron chi connectivity index (χ2n) is 6.92. The molecule has 0 aliphatic carbocycles. The zero-order valence-corrected chi connectivity index (χ0v) is 15.7. The number of rotatable bonds is 7. The monoisotopic (exact) mass is 349 g/mol. The van der Waals surface area contributed by atoms with Gasteiger partial charge in [-0.1, -0.05) is 12.8 Å². The van der Waals surface area contributed by atoms with Gasteiger partial charge in [-0.25, -0.2) is 4.98 Å². The fourth-order valence-electron chi connectivity index (χ4n) is 3.66. The lowest BCUT2D eigenvalue weighted by atomic mass is 10.2. The van der Waals surface area contributed by atoms with E-state index in [2.05, 4.69) is 32.4 Å². The summed E-state index contributed by atoms with van der Waals surface area (Å²) >= 11 is 1.94. The molecule has 0 saturated carbocycles. The molecule has 1 aromatic heterocycles. The minimum atomic E-state index is 0.485. The Morgan fingerprint density at radius 1 is 1.21 bits per heavy atom. The first-order valence-corrected chi connectivity index (χ1v) is 10.8. The Bertz CT molecular complexity index is 490. The van der Waals surface area contributed by atoms with Crippen LogP contribution in [0.15, 0.2) is 12.3 Å². The van der Waals surface area contributed by atoms with Crippen LogP contribution in [0.5, 0.6) is 0 Å². The molecule has 3 rings (SSSR count). The van der Waals surface area contributed by atoms with Crippen LogP contribution in [-0.2, 0) is 0 Å². The number of nitrogens with one attached hydrogen (secondary N) is 1. The number of likely N-dealkylation sites (tertiary alicyclic amines) is 1. The summed E-state index contributed by atoms with van der Waals surface area (Å²) < 4.78 is 0. The highest BCUT2D eigenvalue weighted by Gasteiger charge is 2.22. The van der Waals surface area contributed by atoms with E-state index in [1.807, 2.05) is 18.0 Å². The lowest BCUT2D eigenvalue weighted by Gasteiger charge is -2.22. The van der Waals surface area contributed by atoms with Crippen LogP contribution in [0.3, 0.4) is 0 Å². The van der Waals surface area contributed by atoms with E-state index in [0.29, 0.717) is 6.04 Å². The maximum absolute atomic E-state index is 4.78. The van der Waals surface area contributed by atoms with E-state index in [1.165, 1.54) is 57.4 Å². The standard InChI is InChI=1S/C18H31N5S/c1-24-14-6-10-22-13-8-16(15-22)20-18-19-9-7-17(21-18)23-11-4-2-3-5-12-23/h7,9,16H,2-6,8,10-15H2,1H3,(H,19,20,21). The van der Waals surface area contributed by atoms with Gasteiger partial charge in [0.15, 0.2) is 0 Å². The highest BCUT2D eigenvalue weighted by atomic mass is 32.2. The Morgan fingerprint density at radius 2 is 2.04 bits per heavy atom. The molecule has 0 amide bonds. The van der Waals surface area contributed by atoms with Crippen LogP contribution in [0.25, 0.3) is 0 Å². The van der Waals surface area contributed by atoms with Gasteiger partial charge in [-0.05, 0) is 50.3 Å². The summed E-state index contributed by atoms with van der Waals surface area (Å²) in [5, 5.41) is 3.56. The Morgan fingerprint density at radius 3 is 2.83 bits per heavy atom. The van der Waals surface area contributed by atoms with Gasteiger partial charge in [-0.15, -0.1) is 0 Å². The zero-order valence-electron chi connectivity index (χ0n) is 14.9. The topological polar surface area (TPSA) is 44.3 Å². The van der Waals surface area contributed by atoms with Crippen LogP contribution in [0.2, 0.25) is 0 Å². The van der Waals surface area contributed by atoms with Crippen molar-refractivity contribution >= 4 is 23.5 Å². The largest absolute Gasteiger partial charge is 0.356 e. The molecule has 2 saturated heterocycles. The van der Waals surface area contributed by atoms with Crippen LogP contribution in [0.1, 0.15) is 38.5 Å². The first-order chi connectivity index (χ1) is 11.8. The minimum Gasteiger partial charge on any atom is -0.356 e. The van der Waals surface area contributed by atoms with E-state index < -0.39 is 0 Å². The number of hydrogen-bond acceptors (Lipinski definition) is 6. The van der Waals surface area contributed by atoms with Gasteiger partial charge in [0.05, 0.1) is 0 Å². The molecule has 0 aromatic carbocycles. The van der Waals surface area contributed by atoms with Crippen molar-refractivity contribution in [1.29, 1.82) is 0 Å². The van der Waals surface area contributed by atoms with Gasteiger partial charge in [0.25, 0.3) is 0 Å². The first-order valence-electron chi connectivity index (χ1n) is 9.41. The molecule has 2 fully saturated rings. The van der Waals surface area contributed by atoms with Gasteiger partial charge in [-0.3, -0.25) is 0 Å². The Kier molecular flexibility index (Phi) is 7.02. The van der Waals surface area contributed by atoms with E-state index in [0.717, 1.165) is 31.4 Å². The molecule has 5 nitrogen and oxygen atoms in total. The summed E-state index contributed by atoms with van der Waals surface area (Å²) in [7, 11) is 0. The van der Waals surface area contributed by atoms with Crippen LogP contribution >= 0.6 is 11.8 Å². The molecule has 0 radical (unpaired) electrons. The van der Waals surface area contributed by atoms with Gasteiger partial charge >= 0.3 is 0 Å². The lowest BCUT2D eigenvalue weighted by Crippen LogP contribution is -2.29. The molecule has 0 bridgehead atoms. The third-order valence-corrected chi connectivity index (χ3v) is 5.70. The average molecular weight is 350 g/mol. The Hall–Kier alpha value is -1.01. The highest BCUT2D eigenvalue weighted by Crippen LogP contribution is 2.19. The van der Waals surface area contributed by atoms with Crippen LogP contribution in [0, 0.1) is 0 Å². The van der Waals surface area contributed by atoms with E-state index >= 15 is 0 Å². The van der Waals surface area contributed by atoms with Crippen LogP contribution < -0.4 is 10.2 Å².